The molecule has 28 heavy (non-hydrogen) atoms. The number of hydrogen-bond donors (Lipinski definition) is 2. The molecular formula is C20H16FN7. The molecule has 0 bridgehead atoms. The first kappa shape index (κ1) is 17.4. The Labute approximate surface area is 160 Å². The van der Waals surface area contributed by atoms with Gasteiger partial charge in [0.1, 0.15) is 17.7 Å². The van der Waals surface area contributed by atoms with Crippen LogP contribution in [0.2, 0.25) is 0 Å². The molecule has 0 fully saturated rings. The number of anilines is 2. The van der Waals surface area contributed by atoms with Gasteiger partial charge in [0, 0.05) is 43.4 Å². The summed E-state index contributed by atoms with van der Waals surface area (Å²) >= 11 is 0. The molecule has 1 aromatic carbocycles. The van der Waals surface area contributed by atoms with Gasteiger partial charge >= 0.3 is 0 Å². The van der Waals surface area contributed by atoms with E-state index >= 15 is 0 Å². The van der Waals surface area contributed by atoms with Gasteiger partial charge in [-0.2, -0.15) is 5.26 Å². The third-order valence-corrected chi connectivity index (χ3v) is 4.14. The summed E-state index contributed by atoms with van der Waals surface area (Å²) in [6.07, 6.45) is 6.74. The molecule has 4 aromatic rings. The lowest BCUT2D eigenvalue weighted by molar-refractivity contribution is 0.630. The van der Waals surface area contributed by atoms with E-state index < -0.39 is 0 Å². The van der Waals surface area contributed by atoms with Crippen molar-refractivity contribution in [1.82, 2.24) is 19.4 Å². The van der Waals surface area contributed by atoms with Crippen molar-refractivity contribution in [2.75, 3.05) is 23.7 Å². The molecule has 0 aliphatic carbocycles. The molecule has 0 unspecified atom stereocenters. The fraction of sp³-hybridized carbons (Fsp3) is 0.100. The smallest absolute Gasteiger partial charge is 0.180 e. The van der Waals surface area contributed by atoms with Crippen LogP contribution in [-0.2, 0) is 0 Å². The van der Waals surface area contributed by atoms with E-state index in [4.69, 9.17) is 5.26 Å². The van der Waals surface area contributed by atoms with E-state index in [2.05, 4.69) is 25.6 Å². The normalized spacial score (nSPS) is 10.6. The van der Waals surface area contributed by atoms with Crippen molar-refractivity contribution in [3.63, 3.8) is 0 Å². The predicted molar refractivity (Wildman–Crippen MR) is 104 cm³/mol. The third-order valence-electron chi connectivity index (χ3n) is 4.14. The van der Waals surface area contributed by atoms with E-state index in [0.717, 1.165) is 0 Å². The average Bonchev–Trinajstić information content (AvgIpc) is 3.21. The van der Waals surface area contributed by atoms with Gasteiger partial charge in [-0.3, -0.25) is 0 Å². The van der Waals surface area contributed by atoms with Crippen molar-refractivity contribution in [3.05, 3.63) is 72.6 Å². The molecule has 3 heterocycles. The number of fused-ring (bicyclic) bond motifs is 1. The SMILES string of the molecule is N#Cc1ccc(NCCNc2nc(-c3ccccc3F)cn3ccnc23)nc1. The standard InChI is InChI=1S/C20H16FN7/c21-16-4-2-1-3-15(16)17-13-28-10-9-25-20(28)19(27-17)24-8-7-23-18-6-5-14(11-22)12-26-18/h1-6,9-10,12-13H,7-8H2,(H,23,26)(H,24,27). The molecule has 7 nitrogen and oxygen atoms in total. The lowest BCUT2D eigenvalue weighted by Crippen LogP contribution is -2.16. The molecule has 0 spiro atoms. The van der Waals surface area contributed by atoms with Crippen molar-refractivity contribution in [2.45, 2.75) is 0 Å². The molecule has 0 saturated carbocycles. The number of pyridine rings is 1. The van der Waals surface area contributed by atoms with Crippen molar-refractivity contribution >= 4 is 17.3 Å². The Balaban J connectivity index is 1.49. The Morgan fingerprint density at radius 3 is 2.71 bits per heavy atom. The van der Waals surface area contributed by atoms with Gasteiger partial charge in [-0.25, -0.2) is 19.3 Å². The molecule has 138 valence electrons. The maximum atomic E-state index is 14.2. The van der Waals surface area contributed by atoms with Crippen molar-refractivity contribution in [3.8, 4) is 17.3 Å². The quantitative estimate of drug-likeness (QED) is 0.504. The molecule has 0 amide bonds. The molecule has 2 N–H and O–H groups in total. The number of nitrogens with one attached hydrogen (secondary N) is 2. The lowest BCUT2D eigenvalue weighted by Gasteiger charge is -2.11. The number of hydrogen-bond acceptors (Lipinski definition) is 6. The van der Waals surface area contributed by atoms with Gasteiger partial charge in [0.2, 0.25) is 0 Å². The Hall–Kier alpha value is -3.99. The maximum Gasteiger partial charge on any atom is 0.180 e. The Kier molecular flexibility index (Phi) is 4.80. The highest BCUT2D eigenvalue weighted by atomic mass is 19.1. The van der Waals surface area contributed by atoms with Crippen LogP contribution in [-0.4, -0.2) is 32.4 Å². The summed E-state index contributed by atoms with van der Waals surface area (Å²) in [7, 11) is 0. The molecular weight excluding hydrogens is 357 g/mol. The summed E-state index contributed by atoms with van der Waals surface area (Å²) in [5.41, 5.74) is 2.13. The first-order valence-corrected chi connectivity index (χ1v) is 8.67. The number of aromatic nitrogens is 4. The maximum absolute atomic E-state index is 14.2. The summed E-state index contributed by atoms with van der Waals surface area (Å²) in [5.74, 6) is 0.925. The molecule has 0 aliphatic rings. The van der Waals surface area contributed by atoms with Gasteiger partial charge in [0.25, 0.3) is 0 Å². The van der Waals surface area contributed by atoms with Crippen LogP contribution in [0.5, 0.6) is 0 Å². The van der Waals surface area contributed by atoms with Crippen LogP contribution in [0.1, 0.15) is 5.56 Å². The number of rotatable bonds is 6. The first-order valence-electron chi connectivity index (χ1n) is 8.67. The lowest BCUT2D eigenvalue weighted by atomic mass is 10.1. The van der Waals surface area contributed by atoms with Crippen LogP contribution < -0.4 is 10.6 Å². The molecule has 8 heteroatoms. The van der Waals surface area contributed by atoms with Crippen LogP contribution in [0.25, 0.3) is 16.9 Å². The van der Waals surface area contributed by atoms with Crippen LogP contribution in [0.4, 0.5) is 16.0 Å². The number of halogens is 1. The zero-order valence-electron chi connectivity index (χ0n) is 14.8. The fourth-order valence-electron chi connectivity index (χ4n) is 2.79. The van der Waals surface area contributed by atoms with Crippen LogP contribution in [0.3, 0.4) is 0 Å². The minimum Gasteiger partial charge on any atom is -0.368 e. The largest absolute Gasteiger partial charge is 0.368 e. The number of nitrogens with zero attached hydrogens (tertiary/aromatic N) is 5. The Morgan fingerprint density at radius 2 is 1.93 bits per heavy atom. The average molecular weight is 373 g/mol. The zero-order chi connectivity index (χ0) is 19.3. The van der Waals surface area contributed by atoms with Gasteiger partial charge < -0.3 is 15.0 Å². The summed E-state index contributed by atoms with van der Waals surface area (Å²) < 4.78 is 16.0. The fourth-order valence-corrected chi connectivity index (χ4v) is 2.79. The second kappa shape index (κ2) is 7.72. The first-order chi connectivity index (χ1) is 13.7. The van der Waals surface area contributed by atoms with E-state index in [9.17, 15) is 4.39 Å². The molecule has 4 rings (SSSR count). The molecule has 0 radical (unpaired) electrons. The highest BCUT2D eigenvalue weighted by molar-refractivity contribution is 5.69. The minimum absolute atomic E-state index is 0.325. The molecule has 0 atom stereocenters. The van der Waals surface area contributed by atoms with Crippen molar-refractivity contribution in [1.29, 1.82) is 5.26 Å². The molecule has 0 saturated heterocycles. The summed E-state index contributed by atoms with van der Waals surface area (Å²) in [6, 6.07) is 12.0. The monoisotopic (exact) mass is 373 g/mol. The van der Waals surface area contributed by atoms with Gasteiger partial charge in [0.05, 0.1) is 11.3 Å². The van der Waals surface area contributed by atoms with E-state index in [1.807, 2.05) is 10.5 Å². The van der Waals surface area contributed by atoms with E-state index in [-0.39, 0.29) is 5.82 Å². The summed E-state index contributed by atoms with van der Waals surface area (Å²) in [4.78, 5) is 13.0. The second-order valence-corrected chi connectivity index (χ2v) is 6.01. The van der Waals surface area contributed by atoms with Gasteiger partial charge in [-0.05, 0) is 24.3 Å². The second-order valence-electron chi connectivity index (χ2n) is 6.01. The Morgan fingerprint density at radius 1 is 1.07 bits per heavy atom. The number of benzene rings is 1. The number of imidazole rings is 1. The van der Waals surface area contributed by atoms with E-state index in [1.54, 1.807) is 48.9 Å². The van der Waals surface area contributed by atoms with E-state index in [1.165, 1.54) is 12.3 Å². The van der Waals surface area contributed by atoms with Crippen LogP contribution in [0.15, 0.2) is 61.2 Å². The zero-order valence-corrected chi connectivity index (χ0v) is 14.8. The Bertz CT molecular complexity index is 1150. The highest BCUT2D eigenvalue weighted by Crippen LogP contribution is 2.24. The van der Waals surface area contributed by atoms with Gasteiger partial charge in [-0.1, -0.05) is 12.1 Å². The summed E-state index contributed by atoms with van der Waals surface area (Å²) in [5, 5.41) is 15.2. The van der Waals surface area contributed by atoms with E-state index in [0.29, 0.717) is 47.2 Å². The topological polar surface area (TPSA) is 90.9 Å². The third kappa shape index (κ3) is 3.59. The van der Waals surface area contributed by atoms with Gasteiger partial charge in [-0.15, -0.1) is 0 Å². The highest BCUT2D eigenvalue weighted by Gasteiger charge is 2.11. The minimum atomic E-state index is -0.325. The van der Waals surface area contributed by atoms with Crippen LogP contribution >= 0.6 is 0 Å². The summed E-state index contributed by atoms with van der Waals surface area (Å²) in [6.45, 7) is 1.13. The molecule has 3 aromatic heterocycles. The van der Waals surface area contributed by atoms with Gasteiger partial charge in [0.15, 0.2) is 11.5 Å². The molecule has 0 aliphatic heterocycles. The van der Waals surface area contributed by atoms with Crippen LogP contribution in [0, 0.1) is 17.1 Å². The number of nitriles is 1. The predicted octanol–water partition coefficient (Wildman–Crippen LogP) is 3.33. The van der Waals surface area contributed by atoms with Crippen molar-refractivity contribution in [2.24, 2.45) is 0 Å². The van der Waals surface area contributed by atoms with Crippen molar-refractivity contribution < 1.29 is 4.39 Å².